The van der Waals surface area contributed by atoms with E-state index < -0.39 is 5.91 Å². The van der Waals surface area contributed by atoms with Crippen molar-refractivity contribution in [1.82, 2.24) is 4.98 Å². The Hall–Kier alpha value is -2.37. The normalized spacial score (nSPS) is 10.4. The molecule has 8 heteroatoms. The van der Waals surface area contributed by atoms with Gasteiger partial charge in [-0.25, -0.2) is 4.98 Å². The highest BCUT2D eigenvalue weighted by atomic mass is 32.2. The van der Waals surface area contributed by atoms with E-state index in [9.17, 15) is 9.59 Å². The average Bonchev–Trinajstić information content (AvgIpc) is 2.91. The number of carbonyl (C=O) groups is 2. The van der Waals surface area contributed by atoms with Gasteiger partial charge in [-0.3, -0.25) is 9.59 Å². The highest BCUT2D eigenvalue weighted by Gasteiger charge is 2.18. The maximum atomic E-state index is 12.8. The van der Waals surface area contributed by atoms with Crippen LogP contribution in [0.2, 0.25) is 0 Å². The van der Waals surface area contributed by atoms with Crippen LogP contribution >= 0.6 is 23.1 Å². The molecule has 1 aromatic carbocycles. The van der Waals surface area contributed by atoms with E-state index in [1.165, 1.54) is 23.1 Å². The molecule has 1 heterocycles. The first-order valence-corrected chi connectivity index (χ1v) is 10.2. The predicted molar refractivity (Wildman–Crippen MR) is 109 cm³/mol. The van der Waals surface area contributed by atoms with Gasteiger partial charge in [0.2, 0.25) is 11.8 Å². The Bertz CT molecular complexity index is 866. The number of primary amides is 1. The third-order valence-corrected chi connectivity index (χ3v) is 6.08. The van der Waals surface area contributed by atoms with Crippen molar-refractivity contribution in [2.24, 2.45) is 5.73 Å². The zero-order valence-corrected chi connectivity index (χ0v) is 17.2. The minimum Gasteiger partial charge on any atom is -0.369 e. The van der Waals surface area contributed by atoms with Crippen molar-refractivity contribution in [3.05, 3.63) is 39.9 Å². The van der Waals surface area contributed by atoms with Crippen LogP contribution in [0.1, 0.15) is 28.1 Å². The first-order chi connectivity index (χ1) is 12.8. The second-order valence-electron chi connectivity index (χ2n) is 6.22. The second-order valence-corrected chi connectivity index (χ2v) is 8.53. The van der Waals surface area contributed by atoms with Crippen LogP contribution in [-0.4, -0.2) is 29.1 Å². The molecule has 2 N–H and O–H groups in total. The number of nitriles is 1. The molecule has 0 radical (unpaired) electrons. The highest BCUT2D eigenvalue weighted by Crippen LogP contribution is 2.28. The summed E-state index contributed by atoms with van der Waals surface area (Å²) >= 11 is 2.72. The molecule has 1 aromatic heterocycles. The number of nitrogens with zero attached hydrogens (tertiary/aromatic N) is 3. The molecule has 0 atom stereocenters. The molecule has 0 aliphatic rings. The second kappa shape index (κ2) is 9.53. The van der Waals surface area contributed by atoms with Crippen molar-refractivity contribution >= 4 is 40.6 Å². The van der Waals surface area contributed by atoms with Gasteiger partial charge >= 0.3 is 0 Å². The molecule has 0 aliphatic heterocycles. The third kappa shape index (κ3) is 6.08. The molecule has 2 rings (SSSR count). The van der Waals surface area contributed by atoms with Crippen molar-refractivity contribution in [2.75, 3.05) is 17.2 Å². The van der Waals surface area contributed by atoms with Gasteiger partial charge in [0.1, 0.15) is 0 Å². The summed E-state index contributed by atoms with van der Waals surface area (Å²) in [6.45, 7) is 6.14. The summed E-state index contributed by atoms with van der Waals surface area (Å²) in [4.78, 5) is 30.8. The number of rotatable bonds is 8. The molecule has 0 saturated carbocycles. The van der Waals surface area contributed by atoms with Gasteiger partial charge in [0.15, 0.2) is 4.34 Å². The van der Waals surface area contributed by atoms with E-state index >= 15 is 0 Å². The number of amides is 2. The maximum Gasteiger partial charge on any atom is 0.237 e. The standard InChI is InChI=1S/C19H22N4O2S2/c1-12-7-13(2)9-15(8-12)23(6-4-5-20)18(25)11-26-19-22-14(3)16(27-19)10-17(21)24/h7-9H,4,6,10-11H2,1-3H3,(H2,21,24). The Morgan fingerprint density at radius 2 is 1.93 bits per heavy atom. The van der Waals surface area contributed by atoms with Crippen molar-refractivity contribution in [1.29, 1.82) is 5.26 Å². The number of anilines is 1. The number of benzene rings is 1. The van der Waals surface area contributed by atoms with E-state index in [-0.39, 0.29) is 24.5 Å². The first kappa shape index (κ1) is 20.9. The Morgan fingerprint density at radius 1 is 1.26 bits per heavy atom. The molecule has 0 bridgehead atoms. The number of thiazole rings is 1. The van der Waals surface area contributed by atoms with Crippen molar-refractivity contribution in [3.63, 3.8) is 0 Å². The van der Waals surface area contributed by atoms with Gasteiger partial charge in [-0.05, 0) is 44.0 Å². The molecule has 2 amide bonds. The minimum absolute atomic E-state index is 0.0791. The molecule has 6 nitrogen and oxygen atoms in total. The quantitative estimate of drug-likeness (QED) is 0.684. The van der Waals surface area contributed by atoms with Crippen molar-refractivity contribution in [3.8, 4) is 6.07 Å². The van der Waals surface area contributed by atoms with Gasteiger partial charge < -0.3 is 10.6 Å². The smallest absolute Gasteiger partial charge is 0.237 e. The lowest BCUT2D eigenvalue weighted by Gasteiger charge is -2.22. The van der Waals surface area contributed by atoms with E-state index in [1.807, 2.05) is 39.0 Å². The fraction of sp³-hybridized carbons (Fsp3) is 0.368. The molecular formula is C19H22N4O2S2. The Labute approximate surface area is 167 Å². The van der Waals surface area contributed by atoms with Crippen LogP contribution in [0.25, 0.3) is 0 Å². The lowest BCUT2D eigenvalue weighted by Crippen LogP contribution is -2.33. The molecule has 0 aliphatic carbocycles. The first-order valence-electron chi connectivity index (χ1n) is 8.43. The average molecular weight is 403 g/mol. The van der Waals surface area contributed by atoms with Gasteiger partial charge in [0.25, 0.3) is 0 Å². The number of nitrogens with two attached hydrogens (primary N) is 1. The predicted octanol–water partition coefficient (Wildman–Crippen LogP) is 3.14. The topological polar surface area (TPSA) is 100 Å². The van der Waals surface area contributed by atoms with E-state index in [1.54, 1.807) is 4.90 Å². The number of carbonyl (C=O) groups excluding carboxylic acids is 2. The van der Waals surface area contributed by atoms with Gasteiger partial charge in [-0.1, -0.05) is 17.8 Å². The summed E-state index contributed by atoms with van der Waals surface area (Å²) in [5.41, 5.74) is 8.95. The summed E-state index contributed by atoms with van der Waals surface area (Å²) in [5, 5.41) is 8.93. The van der Waals surface area contributed by atoms with Crippen LogP contribution in [0.4, 0.5) is 5.69 Å². The fourth-order valence-corrected chi connectivity index (χ4v) is 4.77. The van der Waals surface area contributed by atoms with Gasteiger partial charge in [0, 0.05) is 17.1 Å². The molecule has 2 aromatic rings. The summed E-state index contributed by atoms with van der Waals surface area (Å²) < 4.78 is 0.734. The summed E-state index contributed by atoms with van der Waals surface area (Å²) in [6.07, 6.45) is 0.428. The Morgan fingerprint density at radius 3 is 2.52 bits per heavy atom. The van der Waals surface area contributed by atoms with E-state index in [0.717, 1.165) is 31.7 Å². The van der Waals surface area contributed by atoms with Crippen LogP contribution in [0.15, 0.2) is 22.5 Å². The van der Waals surface area contributed by atoms with Gasteiger partial charge in [0.05, 0.1) is 30.4 Å². The zero-order valence-electron chi connectivity index (χ0n) is 15.6. The van der Waals surface area contributed by atoms with Crippen LogP contribution in [0.3, 0.4) is 0 Å². The molecular weight excluding hydrogens is 380 g/mol. The van der Waals surface area contributed by atoms with E-state index in [2.05, 4.69) is 11.1 Å². The highest BCUT2D eigenvalue weighted by molar-refractivity contribution is 8.01. The number of hydrogen-bond acceptors (Lipinski definition) is 6. The molecule has 0 unspecified atom stereocenters. The summed E-state index contributed by atoms with van der Waals surface area (Å²) in [5.74, 6) is -0.266. The molecule has 0 spiro atoms. The maximum absolute atomic E-state index is 12.8. The largest absolute Gasteiger partial charge is 0.369 e. The molecule has 0 fully saturated rings. The molecule has 142 valence electrons. The minimum atomic E-state index is -0.396. The SMILES string of the molecule is Cc1cc(C)cc(N(CCC#N)C(=O)CSc2nc(C)c(CC(N)=O)s2)c1. The van der Waals surface area contributed by atoms with Crippen LogP contribution in [0.5, 0.6) is 0 Å². The Kier molecular flexibility index (Phi) is 7.39. The van der Waals surface area contributed by atoms with Crippen LogP contribution in [-0.2, 0) is 16.0 Å². The number of aryl methyl sites for hydroxylation is 3. The molecule has 27 heavy (non-hydrogen) atoms. The molecule has 0 saturated heterocycles. The van der Waals surface area contributed by atoms with Crippen molar-refractivity contribution in [2.45, 2.75) is 38.0 Å². The Balaban J connectivity index is 2.12. The summed E-state index contributed by atoms with van der Waals surface area (Å²) in [6, 6.07) is 8.05. The van der Waals surface area contributed by atoms with E-state index in [4.69, 9.17) is 11.0 Å². The lowest BCUT2D eigenvalue weighted by molar-refractivity contribution is -0.117. The van der Waals surface area contributed by atoms with Crippen molar-refractivity contribution < 1.29 is 9.59 Å². The monoisotopic (exact) mass is 402 g/mol. The van der Waals surface area contributed by atoms with Crippen LogP contribution in [0, 0.1) is 32.1 Å². The van der Waals surface area contributed by atoms with Gasteiger partial charge in [-0.15, -0.1) is 11.3 Å². The van der Waals surface area contributed by atoms with Crippen LogP contribution < -0.4 is 10.6 Å². The lowest BCUT2D eigenvalue weighted by atomic mass is 10.1. The zero-order chi connectivity index (χ0) is 20.0. The number of hydrogen-bond donors (Lipinski definition) is 1. The number of aromatic nitrogens is 1. The van der Waals surface area contributed by atoms with E-state index in [0.29, 0.717) is 6.54 Å². The van der Waals surface area contributed by atoms with Gasteiger partial charge in [-0.2, -0.15) is 5.26 Å². The number of thioether (sulfide) groups is 1. The fourth-order valence-electron chi connectivity index (χ4n) is 2.65. The summed E-state index contributed by atoms with van der Waals surface area (Å²) in [7, 11) is 0. The third-order valence-electron chi connectivity index (χ3n) is 3.79.